The topological polar surface area (TPSA) is 61.2 Å². The maximum absolute atomic E-state index is 9.23. The number of aromatic nitrogens is 1. The lowest BCUT2D eigenvalue weighted by atomic mass is 10.1. The third-order valence-electron chi connectivity index (χ3n) is 3.65. The molecular formula is C16H24N4O. The van der Waals surface area contributed by atoms with Crippen LogP contribution in [0.4, 0.5) is 5.82 Å². The molecule has 1 aromatic rings. The molecule has 0 aromatic carbocycles. The Bertz CT molecular complexity index is 503. The van der Waals surface area contributed by atoms with Crippen LogP contribution in [0.15, 0.2) is 12.1 Å². The highest BCUT2D eigenvalue weighted by Gasteiger charge is 2.15. The molecule has 2 heterocycles. The highest BCUT2D eigenvalue weighted by Crippen LogP contribution is 2.19. The Labute approximate surface area is 126 Å². The van der Waals surface area contributed by atoms with Gasteiger partial charge in [0.2, 0.25) is 0 Å². The quantitative estimate of drug-likeness (QED) is 0.900. The minimum absolute atomic E-state index is 0.241. The second kappa shape index (κ2) is 7.39. The number of hydrogen-bond donors (Lipinski definition) is 1. The summed E-state index contributed by atoms with van der Waals surface area (Å²) in [5.41, 5.74) is 1.61. The van der Waals surface area contributed by atoms with Crippen molar-refractivity contribution in [3.63, 3.8) is 0 Å². The second-order valence-electron chi connectivity index (χ2n) is 5.86. The number of ether oxygens (including phenoxy) is 1. The Morgan fingerprint density at radius 3 is 2.67 bits per heavy atom. The Morgan fingerprint density at radius 2 is 2.05 bits per heavy atom. The molecule has 0 bridgehead atoms. The molecule has 0 radical (unpaired) electrons. The van der Waals surface area contributed by atoms with Crippen LogP contribution in [-0.4, -0.2) is 48.8 Å². The van der Waals surface area contributed by atoms with Crippen molar-refractivity contribution in [1.82, 2.24) is 9.88 Å². The number of nitrogens with one attached hydrogen (secondary N) is 1. The van der Waals surface area contributed by atoms with E-state index in [0.717, 1.165) is 38.5 Å². The first-order chi connectivity index (χ1) is 10.1. The highest BCUT2D eigenvalue weighted by atomic mass is 16.5. The monoisotopic (exact) mass is 288 g/mol. The average Bonchev–Trinajstić information content (AvgIpc) is 2.48. The molecular weight excluding hydrogens is 264 g/mol. The molecule has 5 nitrogen and oxygen atoms in total. The van der Waals surface area contributed by atoms with Crippen LogP contribution in [-0.2, 0) is 4.74 Å². The maximum atomic E-state index is 9.23. The number of nitrogens with zero attached hydrogens (tertiary/aromatic N) is 3. The summed E-state index contributed by atoms with van der Waals surface area (Å²) in [5.74, 6) is 1.05. The number of anilines is 1. The first-order valence-corrected chi connectivity index (χ1v) is 7.58. The SMILES string of the molecule is CC(C)c1ccc(C#N)c(N[C@H](C)CN2CCOCC2)n1. The lowest BCUT2D eigenvalue weighted by molar-refractivity contribution is 0.0368. The third kappa shape index (κ3) is 4.42. The first kappa shape index (κ1) is 15.7. The lowest BCUT2D eigenvalue weighted by Gasteiger charge is -2.29. The van der Waals surface area contributed by atoms with Crippen LogP contribution in [0, 0.1) is 11.3 Å². The van der Waals surface area contributed by atoms with Gasteiger partial charge in [0.05, 0.1) is 18.8 Å². The molecule has 0 spiro atoms. The zero-order chi connectivity index (χ0) is 15.2. The molecule has 1 aliphatic heterocycles. The van der Waals surface area contributed by atoms with E-state index in [1.165, 1.54) is 0 Å². The van der Waals surface area contributed by atoms with E-state index in [4.69, 9.17) is 4.74 Å². The summed E-state index contributed by atoms with van der Waals surface area (Å²) in [5, 5.41) is 12.6. The summed E-state index contributed by atoms with van der Waals surface area (Å²) in [4.78, 5) is 6.97. The maximum Gasteiger partial charge on any atom is 0.144 e. The fourth-order valence-corrected chi connectivity index (χ4v) is 2.45. The molecule has 21 heavy (non-hydrogen) atoms. The number of pyridine rings is 1. The molecule has 1 aromatic heterocycles. The predicted octanol–water partition coefficient (Wildman–Crippen LogP) is 2.21. The molecule has 114 valence electrons. The average molecular weight is 288 g/mol. The zero-order valence-corrected chi connectivity index (χ0v) is 13.1. The molecule has 0 amide bonds. The number of rotatable bonds is 5. The van der Waals surface area contributed by atoms with E-state index in [-0.39, 0.29) is 6.04 Å². The van der Waals surface area contributed by atoms with Crippen LogP contribution < -0.4 is 5.32 Å². The van der Waals surface area contributed by atoms with Gasteiger partial charge in [-0.25, -0.2) is 4.98 Å². The van der Waals surface area contributed by atoms with E-state index in [0.29, 0.717) is 17.3 Å². The summed E-state index contributed by atoms with van der Waals surface area (Å²) in [6.07, 6.45) is 0. The third-order valence-corrected chi connectivity index (χ3v) is 3.65. The Kier molecular flexibility index (Phi) is 5.54. The molecule has 0 aliphatic carbocycles. The smallest absolute Gasteiger partial charge is 0.144 e. The normalized spacial score (nSPS) is 17.5. The largest absolute Gasteiger partial charge is 0.379 e. The number of morpholine rings is 1. The van der Waals surface area contributed by atoms with Crippen LogP contribution in [0.1, 0.15) is 37.9 Å². The summed E-state index contributed by atoms with van der Waals surface area (Å²) < 4.78 is 5.36. The van der Waals surface area contributed by atoms with E-state index in [1.807, 2.05) is 12.1 Å². The van der Waals surface area contributed by atoms with E-state index >= 15 is 0 Å². The Morgan fingerprint density at radius 1 is 1.33 bits per heavy atom. The molecule has 2 rings (SSSR count). The van der Waals surface area contributed by atoms with Crippen molar-refractivity contribution in [2.24, 2.45) is 0 Å². The number of hydrogen-bond acceptors (Lipinski definition) is 5. The molecule has 1 saturated heterocycles. The second-order valence-corrected chi connectivity index (χ2v) is 5.86. The van der Waals surface area contributed by atoms with Crippen molar-refractivity contribution in [3.05, 3.63) is 23.4 Å². The van der Waals surface area contributed by atoms with Gasteiger partial charge < -0.3 is 10.1 Å². The summed E-state index contributed by atoms with van der Waals surface area (Å²) >= 11 is 0. The minimum Gasteiger partial charge on any atom is -0.379 e. The highest BCUT2D eigenvalue weighted by molar-refractivity contribution is 5.53. The van der Waals surface area contributed by atoms with Crippen molar-refractivity contribution >= 4 is 5.82 Å². The van der Waals surface area contributed by atoms with Crippen LogP contribution >= 0.6 is 0 Å². The first-order valence-electron chi connectivity index (χ1n) is 7.58. The van der Waals surface area contributed by atoms with Gasteiger partial charge in [-0.1, -0.05) is 13.8 Å². The predicted molar refractivity (Wildman–Crippen MR) is 83.4 cm³/mol. The molecule has 0 unspecified atom stereocenters. The van der Waals surface area contributed by atoms with Gasteiger partial charge in [0.1, 0.15) is 11.9 Å². The summed E-state index contributed by atoms with van der Waals surface area (Å²) in [6, 6.07) is 6.24. The standard InChI is InChI=1S/C16H24N4O/c1-12(2)15-5-4-14(10-17)16(19-15)18-13(3)11-20-6-8-21-9-7-20/h4-5,12-13H,6-9,11H2,1-3H3,(H,18,19)/t13-/m1/s1. The van der Waals surface area contributed by atoms with E-state index in [2.05, 4.69) is 42.0 Å². The van der Waals surface area contributed by atoms with Gasteiger partial charge >= 0.3 is 0 Å². The van der Waals surface area contributed by atoms with Gasteiger partial charge in [-0.2, -0.15) is 5.26 Å². The molecule has 1 atom stereocenters. The van der Waals surface area contributed by atoms with Crippen LogP contribution in [0.5, 0.6) is 0 Å². The summed E-state index contributed by atoms with van der Waals surface area (Å²) in [7, 11) is 0. The molecule has 5 heteroatoms. The van der Waals surface area contributed by atoms with Gasteiger partial charge in [-0.05, 0) is 25.0 Å². The Balaban J connectivity index is 2.03. The van der Waals surface area contributed by atoms with E-state index in [1.54, 1.807) is 0 Å². The molecule has 0 saturated carbocycles. The lowest BCUT2D eigenvalue weighted by Crippen LogP contribution is -2.42. The summed E-state index contributed by atoms with van der Waals surface area (Å²) in [6.45, 7) is 10.8. The van der Waals surface area contributed by atoms with Crippen molar-refractivity contribution in [2.45, 2.75) is 32.7 Å². The van der Waals surface area contributed by atoms with Gasteiger partial charge in [0.25, 0.3) is 0 Å². The zero-order valence-electron chi connectivity index (χ0n) is 13.1. The minimum atomic E-state index is 0.241. The van der Waals surface area contributed by atoms with Crippen molar-refractivity contribution in [3.8, 4) is 6.07 Å². The van der Waals surface area contributed by atoms with Gasteiger partial charge in [-0.15, -0.1) is 0 Å². The van der Waals surface area contributed by atoms with Crippen molar-refractivity contribution in [2.75, 3.05) is 38.2 Å². The fourth-order valence-electron chi connectivity index (χ4n) is 2.45. The van der Waals surface area contributed by atoms with Gasteiger partial charge in [-0.3, -0.25) is 4.90 Å². The van der Waals surface area contributed by atoms with E-state index in [9.17, 15) is 5.26 Å². The van der Waals surface area contributed by atoms with Crippen LogP contribution in [0.25, 0.3) is 0 Å². The van der Waals surface area contributed by atoms with Crippen molar-refractivity contribution < 1.29 is 4.74 Å². The van der Waals surface area contributed by atoms with Crippen LogP contribution in [0.3, 0.4) is 0 Å². The molecule has 1 aliphatic rings. The van der Waals surface area contributed by atoms with Crippen LogP contribution in [0.2, 0.25) is 0 Å². The number of nitriles is 1. The fraction of sp³-hybridized carbons (Fsp3) is 0.625. The Hall–Kier alpha value is -1.64. The van der Waals surface area contributed by atoms with Gasteiger partial charge in [0, 0.05) is 31.4 Å². The van der Waals surface area contributed by atoms with Crippen molar-refractivity contribution in [1.29, 1.82) is 5.26 Å². The van der Waals surface area contributed by atoms with Gasteiger partial charge in [0.15, 0.2) is 0 Å². The molecule has 1 N–H and O–H groups in total. The molecule has 1 fully saturated rings. The van der Waals surface area contributed by atoms with E-state index < -0.39 is 0 Å².